The zero-order chi connectivity index (χ0) is 16.2. The van der Waals surface area contributed by atoms with Crippen LogP contribution in [0.4, 0.5) is 11.4 Å². The molecule has 0 aliphatic rings. The van der Waals surface area contributed by atoms with Crippen LogP contribution in [0.1, 0.15) is 10.4 Å². The van der Waals surface area contributed by atoms with E-state index in [-0.39, 0.29) is 11.9 Å². The molecule has 6 nitrogen and oxygen atoms in total. The first-order chi connectivity index (χ1) is 11.1. The van der Waals surface area contributed by atoms with Gasteiger partial charge in [-0.2, -0.15) is 0 Å². The van der Waals surface area contributed by atoms with E-state index in [9.17, 15) is 4.79 Å². The Balaban J connectivity index is 1.89. The third kappa shape index (κ3) is 3.26. The predicted molar refractivity (Wildman–Crippen MR) is 91.3 cm³/mol. The van der Waals surface area contributed by atoms with Gasteiger partial charge in [-0.1, -0.05) is 18.2 Å². The summed E-state index contributed by atoms with van der Waals surface area (Å²) in [5.74, 6) is -0.338. The molecule has 3 aromatic rings. The highest BCUT2D eigenvalue weighted by Gasteiger charge is 2.12. The third-order valence-electron chi connectivity index (χ3n) is 3.26. The van der Waals surface area contributed by atoms with Gasteiger partial charge in [-0.05, 0) is 36.4 Å². The lowest BCUT2D eigenvalue weighted by Gasteiger charge is -2.08. The molecule has 0 aliphatic carbocycles. The van der Waals surface area contributed by atoms with Gasteiger partial charge in [-0.15, -0.1) is 0 Å². The number of guanidine groups is 1. The van der Waals surface area contributed by atoms with E-state index in [0.29, 0.717) is 27.8 Å². The summed E-state index contributed by atoms with van der Waals surface area (Å²) in [5.41, 5.74) is 13.9. The van der Waals surface area contributed by atoms with E-state index in [2.05, 4.69) is 15.3 Å². The molecule has 1 amide bonds. The van der Waals surface area contributed by atoms with Gasteiger partial charge in [0.15, 0.2) is 0 Å². The summed E-state index contributed by atoms with van der Waals surface area (Å²) in [6.45, 7) is 0. The summed E-state index contributed by atoms with van der Waals surface area (Å²) < 4.78 is 0. The van der Waals surface area contributed by atoms with Gasteiger partial charge in [-0.25, -0.2) is 4.99 Å². The first-order valence-corrected chi connectivity index (χ1v) is 6.98. The van der Waals surface area contributed by atoms with Gasteiger partial charge < -0.3 is 11.5 Å². The van der Waals surface area contributed by atoms with Crippen molar-refractivity contribution in [2.45, 2.75) is 0 Å². The summed E-state index contributed by atoms with van der Waals surface area (Å²) in [6.07, 6.45) is 1.57. The normalized spacial score (nSPS) is 11.4. The quantitative estimate of drug-likeness (QED) is 0.383. The van der Waals surface area contributed by atoms with E-state index in [0.717, 1.165) is 0 Å². The van der Waals surface area contributed by atoms with Crippen LogP contribution in [0.3, 0.4) is 0 Å². The van der Waals surface area contributed by atoms with Crippen molar-refractivity contribution in [3.05, 3.63) is 66.4 Å². The van der Waals surface area contributed by atoms with Crippen LogP contribution in [-0.2, 0) is 0 Å². The van der Waals surface area contributed by atoms with Crippen molar-refractivity contribution in [1.82, 2.24) is 10.3 Å². The number of hydrogen-bond donors (Lipinski definition) is 3. The van der Waals surface area contributed by atoms with Crippen LogP contribution in [0.25, 0.3) is 10.9 Å². The summed E-state index contributed by atoms with van der Waals surface area (Å²) in [4.78, 5) is 20.8. The molecule has 2 aromatic carbocycles. The average molecular weight is 305 g/mol. The molecule has 23 heavy (non-hydrogen) atoms. The molecule has 1 heterocycles. The largest absolute Gasteiger partial charge is 0.399 e. The number of aromatic nitrogens is 1. The number of nitrogens with two attached hydrogens (primary N) is 2. The van der Waals surface area contributed by atoms with Crippen molar-refractivity contribution in [3.8, 4) is 0 Å². The van der Waals surface area contributed by atoms with Gasteiger partial charge >= 0.3 is 0 Å². The number of pyridine rings is 1. The summed E-state index contributed by atoms with van der Waals surface area (Å²) in [6, 6.07) is 16.0. The molecule has 0 fully saturated rings. The van der Waals surface area contributed by atoms with E-state index < -0.39 is 0 Å². The van der Waals surface area contributed by atoms with E-state index in [1.165, 1.54) is 0 Å². The van der Waals surface area contributed by atoms with Gasteiger partial charge in [0.05, 0.1) is 16.8 Å². The smallest absolute Gasteiger partial charge is 0.258 e. The molecule has 0 unspecified atom stereocenters. The minimum absolute atomic E-state index is 0.0232. The minimum Gasteiger partial charge on any atom is -0.399 e. The number of aliphatic imine (C=N–C) groups is 1. The second-order valence-electron chi connectivity index (χ2n) is 4.92. The lowest BCUT2D eigenvalue weighted by molar-refractivity contribution is 0.0978. The molecule has 0 radical (unpaired) electrons. The molecule has 0 saturated heterocycles. The van der Waals surface area contributed by atoms with Gasteiger partial charge in [-0.3, -0.25) is 15.1 Å². The van der Waals surface area contributed by atoms with Crippen molar-refractivity contribution >= 4 is 34.1 Å². The number of amides is 1. The van der Waals surface area contributed by atoms with Crippen LogP contribution < -0.4 is 16.8 Å². The molecule has 0 aliphatic heterocycles. The molecule has 0 spiro atoms. The molecule has 1 aromatic heterocycles. The van der Waals surface area contributed by atoms with Crippen molar-refractivity contribution in [1.29, 1.82) is 0 Å². The Morgan fingerprint density at radius 1 is 1.09 bits per heavy atom. The summed E-state index contributed by atoms with van der Waals surface area (Å²) >= 11 is 0. The lowest BCUT2D eigenvalue weighted by atomic mass is 10.1. The van der Waals surface area contributed by atoms with Crippen LogP contribution in [0, 0.1) is 0 Å². The Kier molecular flexibility index (Phi) is 3.88. The molecular weight excluding hydrogens is 290 g/mol. The van der Waals surface area contributed by atoms with Gasteiger partial charge in [0.2, 0.25) is 5.96 Å². The van der Waals surface area contributed by atoms with E-state index in [1.807, 2.05) is 18.2 Å². The Morgan fingerprint density at radius 3 is 2.65 bits per heavy atom. The van der Waals surface area contributed by atoms with E-state index in [4.69, 9.17) is 11.5 Å². The average Bonchev–Trinajstić information content (AvgIpc) is 2.55. The van der Waals surface area contributed by atoms with Gasteiger partial charge in [0.1, 0.15) is 0 Å². The molecular formula is C17H15N5O. The number of carbonyl (C=O) groups is 1. The van der Waals surface area contributed by atoms with Crippen LogP contribution >= 0.6 is 0 Å². The van der Waals surface area contributed by atoms with Crippen molar-refractivity contribution in [2.75, 3.05) is 5.73 Å². The second kappa shape index (κ2) is 6.15. The van der Waals surface area contributed by atoms with Crippen molar-refractivity contribution < 1.29 is 4.79 Å². The fraction of sp³-hybridized carbons (Fsp3) is 0. The van der Waals surface area contributed by atoms with Crippen molar-refractivity contribution in [2.24, 2.45) is 10.7 Å². The standard InChI is InChI=1S/C17H15N5O/c18-11-6-7-15-14(10-11)13(8-9-20-15)16(23)22-17(19)21-12-4-2-1-3-5-12/h1-10H,18H2,(H3,19,21,22,23). The van der Waals surface area contributed by atoms with Crippen molar-refractivity contribution in [3.63, 3.8) is 0 Å². The fourth-order valence-corrected chi connectivity index (χ4v) is 2.22. The lowest BCUT2D eigenvalue weighted by Crippen LogP contribution is -2.36. The predicted octanol–water partition coefficient (Wildman–Crippen LogP) is 2.19. The molecule has 0 bridgehead atoms. The van der Waals surface area contributed by atoms with Crippen LogP contribution in [0.5, 0.6) is 0 Å². The van der Waals surface area contributed by atoms with E-state index >= 15 is 0 Å². The highest BCUT2D eigenvalue weighted by Crippen LogP contribution is 2.19. The number of carbonyl (C=O) groups excluding carboxylic acids is 1. The highest BCUT2D eigenvalue weighted by atomic mass is 16.1. The molecule has 0 saturated carbocycles. The fourth-order valence-electron chi connectivity index (χ4n) is 2.22. The SMILES string of the molecule is NC(=Nc1ccccc1)NC(=O)c1ccnc2ccc(N)cc12. The topological polar surface area (TPSA) is 106 Å². The monoisotopic (exact) mass is 305 g/mol. The maximum atomic E-state index is 12.4. The third-order valence-corrected chi connectivity index (χ3v) is 3.26. The Hall–Kier alpha value is -3.41. The Bertz CT molecular complexity index is 890. The Morgan fingerprint density at radius 2 is 1.87 bits per heavy atom. The molecule has 0 atom stereocenters. The number of rotatable bonds is 2. The van der Waals surface area contributed by atoms with E-state index in [1.54, 1.807) is 42.6 Å². The number of nitrogens with zero attached hydrogens (tertiary/aromatic N) is 2. The molecule has 3 rings (SSSR count). The van der Waals surface area contributed by atoms with Crippen LogP contribution in [0.2, 0.25) is 0 Å². The zero-order valence-corrected chi connectivity index (χ0v) is 12.2. The maximum absolute atomic E-state index is 12.4. The second-order valence-corrected chi connectivity index (χ2v) is 4.92. The summed E-state index contributed by atoms with van der Waals surface area (Å²) in [7, 11) is 0. The summed E-state index contributed by atoms with van der Waals surface area (Å²) in [5, 5.41) is 3.24. The maximum Gasteiger partial charge on any atom is 0.258 e. The zero-order valence-electron chi connectivity index (χ0n) is 12.2. The van der Waals surface area contributed by atoms with Crippen LogP contribution in [0.15, 0.2) is 65.8 Å². The molecule has 6 heteroatoms. The number of fused-ring (bicyclic) bond motifs is 1. The van der Waals surface area contributed by atoms with Gasteiger partial charge in [0, 0.05) is 17.3 Å². The highest BCUT2D eigenvalue weighted by molar-refractivity contribution is 6.12. The number of hydrogen-bond acceptors (Lipinski definition) is 4. The first-order valence-electron chi connectivity index (χ1n) is 6.98. The number of nitrogen functional groups attached to an aromatic ring is 1. The molecule has 114 valence electrons. The minimum atomic E-state index is -0.361. The first kappa shape index (κ1) is 14.5. The van der Waals surface area contributed by atoms with Crippen LogP contribution in [-0.4, -0.2) is 16.9 Å². The molecule has 5 N–H and O–H groups in total. The Labute approximate surface area is 132 Å². The number of para-hydroxylation sites is 1. The van der Waals surface area contributed by atoms with Gasteiger partial charge in [0.25, 0.3) is 5.91 Å². The number of benzene rings is 2. The number of anilines is 1. The number of nitrogens with one attached hydrogen (secondary N) is 1.